The van der Waals surface area contributed by atoms with Crippen LogP contribution in [0.3, 0.4) is 0 Å². The second-order valence-electron chi connectivity index (χ2n) is 7.05. The quantitative estimate of drug-likeness (QED) is 0.467. The highest BCUT2D eigenvalue weighted by molar-refractivity contribution is 7.78. The maximum atomic E-state index is 10.7. The summed E-state index contributed by atoms with van der Waals surface area (Å²) in [6.07, 6.45) is 2.49. The zero-order valence-electron chi connectivity index (χ0n) is 12.8. The molecule has 0 heterocycles. The first-order valence-corrected chi connectivity index (χ1v) is 7.86. The predicted octanol–water partition coefficient (Wildman–Crippen LogP) is 3.12. The summed E-state index contributed by atoms with van der Waals surface area (Å²) in [4.78, 5) is 4.41. The van der Waals surface area contributed by atoms with Gasteiger partial charge < -0.3 is 10.2 Å². The topological polar surface area (TPSA) is 52.8 Å². The van der Waals surface area contributed by atoms with Crippen molar-refractivity contribution in [3.63, 3.8) is 0 Å². The average Bonchev–Trinajstić information content (AvgIpc) is 2.34. The van der Waals surface area contributed by atoms with Crippen LogP contribution in [0.1, 0.15) is 53.4 Å². The number of hydrogen-bond acceptors (Lipinski definition) is 4. The fourth-order valence-electron chi connectivity index (χ4n) is 3.87. The molecule has 0 aromatic heterocycles. The van der Waals surface area contributed by atoms with Crippen molar-refractivity contribution in [3.8, 4) is 0 Å². The molecule has 4 atom stereocenters. The molecule has 0 unspecified atom stereocenters. The number of fused-ring (bicyclic) bond motifs is 1. The van der Waals surface area contributed by atoms with Crippen LogP contribution in [-0.4, -0.2) is 32.6 Å². The van der Waals surface area contributed by atoms with Crippen molar-refractivity contribution in [3.05, 3.63) is 11.1 Å². The molecule has 2 aliphatic rings. The highest BCUT2D eigenvalue weighted by Crippen LogP contribution is 2.51. The van der Waals surface area contributed by atoms with E-state index in [0.29, 0.717) is 12.3 Å². The van der Waals surface area contributed by atoms with E-state index in [1.165, 1.54) is 5.57 Å². The normalized spacial score (nSPS) is 41.4. The van der Waals surface area contributed by atoms with E-state index in [4.69, 9.17) is 12.2 Å². The first-order chi connectivity index (χ1) is 9.23. The minimum atomic E-state index is -1.04. The van der Waals surface area contributed by atoms with Gasteiger partial charge >= 0.3 is 0 Å². The molecule has 0 radical (unpaired) electrons. The van der Waals surface area contributed by atoms with Gasteiger partial charge in [-0.1, -0.05) is 19.4 Å². The molecule has 0 aliphatic heterocycles. The van der Waals surface area contributed by atoms with Crippen LogP contribution in [0.5, 0.6) is 0 Å². The van der Waals surface area contributed by atoms with E-state index in [9.17, 15) is 10.2 Å². The summed E-state index contributed by atoms with van der Waals surface area (Å²) in [5.74, 6) is 0.552. The van der Waals surface area contributed by atoms with E-state index in [1.54, 1.807) is 6.92 Å². The molecule has 4 heteroatoms. The largest absolute Gasteiger partial charge is 0.387 e. The predicted molar refractivity (Wildman–Crippen MR) is 83.9 cm³/mol. The van der Waals surface area contributed by atoms with E-state index >= 15 is 0 Å². The maximum absolute atomic E-state index is 10.7. The SMILES string of the molecule is CC(C)C1=C2[C@@H](CC[C@](C)(O)[C@H]2O)[C@@](C)(N=C=S)CC1. The lowest BCUT2D eigenvalue weighted by molar-refractivity contribution is -0.0781. The molecule has 1 saturated carbocycles. The number of thiocarbonyl (C=S) groups is 1. The third-order valence-corrected chi connectivity index (χ3v) is 5.31. The highest BCUT2D eigenvalue weighted by atomic mass is 32.1. The highest BCUT2D eigenvalue weighted by Gasteiger charge is 2.50. The van der Waals surface area contributed by atoms with E-state index in [-0.39, 0.29) is 11.5 Å². The maximum Gasteiger partial charge on any atom is 0.104 e. The molecule has 1 fully saturated rings. The molecule has 0 saturated heterocycles. The van der Waals surface area contributed by atoms with Gasteiger partial charge in [-0.3, -0.25) is 0 Å². The van der Waals surface area contributed by atoms with Crippen molar-refractivity contribution >= 4 is 17.4 Å². The molecule has 0 bridgehead atoms. The number of isothiocyanates is 1. The Morgan fingerprint density at radius 2 is 2.00 bits per heavy atom. The Balaban J connectivity index is 2.54. The van der Waals surface area contributed by atoms with Crippen LogP contribution in [0.15, 0.2) is 16.1 Å². The number of aliphatic hydroxyl groups excluding tert-OH is 1. The van der Waals surface area contributed by atoms with Gasteiger partial charge in [-0.15, -0.1) is 0 Å². The standard InChI is InChI=1S/C16H25NO2S/c1-10(2)11-5-7-15(3,17-9-20)12-6-8-16(4,19)14(18)13(11)12/h10,12,14,18-19H,5-8H2,1-4H3/t12-,14+,15+,16+/m1/s1. The van der Waals surface area contributed by atoms with E-state index in [1.807, 2.05) is 0 Å². The average molecular weight is 295 g/mol. The number of aliphatic imine (C=N–C) groups is 1. The Bertz CT molecular complexity index is 477. The van der Waals surface area contributed by atoms with E-state index in [2.05, 4.69) is 30.9 Å². The number of aliphatic hydroxyl groups is 2. The smallest absolute Gasteiger partial charge is 0.104 e. The zero-order chi connectivity index (χ0) is 15.1. The van der Waals surface area contributed by atoms with Crippen molar-refractivity contribution in [2.45, 2.75) is 70.6 Å². The number of allylic oxidation sites excluding steroid dienone is 1. The van der Waals surface area contributed by atoms with Gasteiger partial charge in [0.25, 0.3) is 0 Å². The molecule has 0 amide bonds. The summed E-state index contributed by atoms with van der Waals surface area (Å²) in [6.45, 7) is 8.13. The summed E-state index contributed by atoms with van der Waals surface area (Å²) in [6, 6.07) is 0. The molecular formula is C16H25NO2S. The van der Waals surface area contributed by atoms with Crippen molar-refractivity contribution in [1.82, 2.24) is 0 Å². The van der Waals surface area contributed by atoms with Crippen LogP contribution in [0.25, 0.3) is 0 Å². The van der Waals surface area contributed by atoms with E-state index < -0.39 is 11.7 Å². The van der Waals surface area contributed by atoms with Gasteiger partial charge in [-0.05, 0) is 63.2 Å². The van der Waals surface area contributed by atoms with Crippen molar-refractivity contribution in [2.75, 3.05) is 0 Å². The van der Waals surface area contributed by atoms with Crippen LogP contribution in [0, 0.1) is 11.8 Å². The second-order valence-corrected chi connectivity index (χ2v) is 7.23. The molecule has 2 N–H and O–H groups in total. The van der Waals surface area contributed by atoms with Gasteiger partial charge in [0, 0.05) is 5.92 Å². The van der Waals surface area contributed by atoms with Gasteiger partial charge in [0.15, 0.2) is 0 Å². The van der Waals surface area contributed by atoms with Gasteiger partial charge in [0.05, 0.1) is 16.3 Å². The Kier molecular flexibility index (Phi) is 4.23. The molecular weight excluding hydrogens is 270 g/mol. The summed E-state index contributed by atoms with van der Waals surface area (Å²) in [7, 11) is 0. The van der Waals surface area contributed by atoms with E-state index in [0.717, 1.165) is 24.8 Å². The van der Waals surface area contributed by atoms with Gasteiger partial charge in [0.1, 0.15) is 6.10 Å². The Hall–Kier alpha value is -0.540. The summed E-state index contributed by atoms with van der Waals surface area (Å²) >= 11 is 4.81. The summed E-state index contributed by atoms with van der Waals surface area (Å²) in [5, 5.41) is 23.6. The molecule has 0 aromatic carbocycles. The number of rotatable bonds is 2. The summed E-state index contributed by atoms with van der Waals surface area (Å²) < 4.78 is 0. The van der Waals surface area contributed by atoms with Gasteiger partial charge in [-0.25, -0.2) is 4.99 Å². The lowest BCUT2D eigenvalue weighted by Gasteiger charge is -2.50. The molecule has 112 valence electrons. The molecule has 0 spiro atoms. The Labute approximate surface area is 126 Å². The third-order valence-electron chi connectivity index (χ3n) is 5.22. The van der Waals surface area contributed by atoms with Crippen LogP contribution >= 0.6 is 12.2 Å². The Morgan fingerprint density at radius 3 is 2.55 bits per heavy atom. The molecule has 2 aliphatic carbocycles. The monoisotopic (exact) mass is 295 g/mol. The molecule has 0 aromatic rings. The van der Waals surface area contributed by atoms with Crippen LogP contribution in [0.4, 0.5) is 0 Å². The Morgan fingerprint density at radius 1 is 1.35 bits per heavy atom. The van der Waals surface area contributed by atoms with Crippen molar-refractivity contribution in [2.24, 2.45) is 16.8 Å². The van der Waals surface area contributed by atoms with Crippen LogP contribution in [-0.2, 0) is 0 Å². The lowest BCUT2D eigenvalue weighted by Crippen LogP contribution is -2.53. The van der Waals surface area contributed by atoms with Crippen molar-refractivity contribution < 1.29 is 10.2 Å². The zero-order valence-corrected chi connectivity index (χ0v) is 13.6. The second kappa shape index (κ2) is 5.34. The van der Waals surface area contributed by atoms with Crippen molar-refractivity contribution in [1.29, 1.82) is 0 Å². The first kappa shape index (κ1) is 15.8. The first-order valence-electron chi connectivity index (χ1n) is 7.45. The molecule has 2 rings (SSSR count). The lowest BCUT2D eigenvalue weighted by atomic mass is 9.60. The van der Waals surface area contributed by atoms with Gasteiger partial charge in [0.2, 0.25) is 0 Å². The summed E-state index contributed by atoms with van der Waals surface area (Å²) in [5.41, 5.74) is 0.983. The van der Waals surface area contributed by atoms with Gasteiger partial charge in [-0.2, -0.15) is 0 Å². The third kappa shape index (κ3) is 2.50. The van der Waals surface area contributed by atoms with Crippen LogP contribution < -0.4 is 0 Å². The fraction of sp³-hybridized carbons (Fsp3) is 0.812. The van der Waals surface area contributed by atoms with Crippen LogP contribution in [0.2, 0.25) is 0 Å². The number of nitrogens with zero attached hydrogens (tertiary/aromatic N) is 1. The molecule has 3 nitrogen and oxygen atoms in total. The minimum absolute atomic E-state index is 0.166. The minimum Gasteiger partial charge on any atom is -0.387 e. The molecule has 20 heavy (non-hydrogen) atoms. The number of hydrogen-bond donors (Lipinski definition) is 2. The fourth-order valence-corrected chi connectivity index (χ4v) is 4.07.